The van der Waals surface area contributed by atoms with Gasteiger partial charge < -0.3 is 4.42 Å². The molecule has 2 nitrogen and oxygen atoms in total. The number of hydrogen-bond acceptors (Lipinski definition) is 1. The first kappa shape index (κ1) is 21.2. The smallest absolute Gasteiger partial charge is 0.216 e. The van der Waals surface area contributed by atoms with E-state index in [9.17, 15) is 0 Å². The van der Waals surface area contributed by atoms with Crippen LogP contribution in [0.25, 0.3) is 33.2 Å². The minimum Gasteiger partial charge on any atom is -0.455 e. The van der Waals surface area contributed by atoms with E-state index in [4.69, 9.17) is 4.42 Å². The first-order valence-corrected chi connectivity index (χ1v) is 12.0. The highest BCUT2D eigenvalue weighted by molar-refractivity contribution is 6.12. The molecule has 0 saturated heterocycles. The number of rotatable bonds is 2. The molecule has 2 heterocycles. The number of furan rings is 1. The van der Waals surface area contributed by atoms with Crippen LogP contribution in [0.3, 0.4) is 0 Å². The lowest BCUT2D eigenvalue weighted by Crippen LogP contribution is -2.33. The topological polar surface area (TPSA) is 17.0 Å². The zero-order valence-electron chi connectivity index (χ0n) is 20.9. The van der Waals surface area contributed by atoms with Crippen LogP contribution in [-0.2, 0) is 17.9 Å². The van der Waals surface area contributed by atoms with Crippen molar-refractivity contribution in [3.63, 3.8) is 0 Å². The molecule has 1 aliphatic rings. The molecule has 0 bridgehead atoms. The van der Waals surface area contributed by atoms with Crippen molar-refractivity contribution < 1.29 is 8.98 Å². The summed E-state index contributed by atoms with van der Waals surface area (Å²) in [5, 5.41) is 2.56. The lowest BCUT2D eigenvalue weighted by Gasteiger charge is -2.42. The molecule has 166 valence electrons. The second kappa shape index (κ2) is 6.94. The lowest BCUT2D eigenvalue weighted by molar-refractivity contribution is -0.660. The Morgan fingerprint density at radius 1 is 0.906 bits per heavy atom. The molecule has 2 aromatic carbocycles. The quantitative estimate of drug-likeness (QED) is 0.298. The third-order valence-corrected chi connectivity index (χ3v) is 7.87. The van der Waals surface area contributed by atoms with Crippen LogP contribution < -0.4 is 4.57 Å². The molecule has 0 aliphatic heterocycles. The van der Waals surface area contributed by atoms with E-state index in [0.717, 1.165) is 11.2 Å². The first-order valence-electron chi connectivity index (χ1n) is 12.0. The molecule has 0 atom stereocenters. The molecule has 0 unspecified atom stereocenters. The summed E-state index contributed by atoms with van der Waals surface area (Å²) in [5.41, 5.74) is 10.3. The Morgan fingerprint density at radius 3 is 2.31 bits per heavy atom. The molecule has 0 saturated carbocycles. The fourth-order valence-corrected chi connectivity index (χ4v) is 5.73. The highest BCUT2D eigenvalue weighted by Crippen LogP contribution is 2.51. The van der Waals surface area contributed by atoms with Gasteiger partial charge in [0.2, 0.25) is 5.69 Å². The van der Waals surface area contributed by atoms with Gasteiger partial charge in [0.25, 0.3) is 0 Å². The minimum atomic E-state index is 0.135. The molecule has 1 aliphatic carbocycles. The predicted octanol–water partition coefficient (Wildman–Crippen LogP) is 7.86. The van der Waals surface area contributed by atoms with Crippen LogP contribution in [0, 0.1) is 6.92 Å². The number of aryl methyl sites for hydroxylation is 2. The second-order valence-corrected chi connectivity index (χ2v) is 11.5. The Kier molecular flexibility index (Phi) is 4.61. The summed E-state index contributed by atoms with van der Waals surface area (Å²) in [5.74, 6) is 0.510. The van der Waals surface area contributed by atoms with Crippen molar-refractivity contribution in [1.82, 2.24) is 0 Å². The van der Waals surface area contributed by atoms with Crippen LogP contribution in [0.5, 0.6) is 0 Å². The predicted molar refractivity (Wildman–Crippen MR) is 134 cm³/mol. The summed E-state index contributed by atoms with van der Waals surface area (Å²) in [4.78, 5) is 0. The summed E-state index contributed by atoms with van der Waals surface area (Å²) >= 11 is 0. The van der Waals surface area contributed by atoms with E-state index in [1.807, 2.05) is 0 Å². The average Bonchev–Trinajstić information content (AvgIpc) is 3.10. The van der Waals surface area contributed by atoms with Gasteiger partial charge in [-0.1, -0.05) is 59.7 Å². The molecular weight excluding hydrogens is 390 g/mol. The summed E-state index contributed by atoms with van der Waals surface area (Å²) < 4.78 is 8.92. The molecule has 0 N–H and O–H groups in total. The number of pyridine rings is 1. The maximum atomic E-state index is 6.67. The largest absolute Gasteiger partial charge is 0.455 e. The number of nitrogens with zero attached hydrogens (tertiary/aromatic N) is 1. The first-order chi connectivity index (χ1) is 15.0. The molecule has 0 spiro atoms. The summed E-state index contributed by atoms with van der Waals surface area (Å²) in [7, 11) is 2.15. The van der Waals surface area contributed by atoms with Crippen LogP contribution in [0.4, 0.5) is 0 Å². The molecule has 32 heavy (non-hydrogen) atoms. The van der Waals surface area contributed by atoms with Gasteiger partial charge in [-0.25, -0.2) is 4.57 Å². The molecule has 0 fully saturated rings. The van der Waals surface area contributed by atoms with Crippen molar-refractivity contribution in [2.75, 3.05) is 0 Å². The van der Waals surface area contributed by atoms with Gasteiger partial charge in [0.15, 0.2) is 6.20 Å². The van der Waals surface area contributed by atoms with Crippen LogP contribution in [0.2, 0.25) is 0 Å². The summed E-state index contributed by atoms with van der Waals surface area (Å²) in [6.07, 6.45) is 4.67. The number of benzene rings is 2. The molecule has 0 radical (unpaired) electrons. The number of hydrogen-bond donors (Lipinski definition) is 0. The number of aromatic nitrogens is 1. The Labute approximate surface area is 192 Å². The van der Waals surface area contributed by atoms with E-state index in [1.54, 1.807) is 0 Å². The van der Waals surface area contributed by atoms with Crippen molar-refractivity contribution in [2.45, 2.75) is 78.1 Å². The van der Waals surface area contributed by atoms with Gasteiger partial charge in [-0.15, -0.1) is 0 Å². The van der Waals surface area contributed by atoms with Crippen molar-refractivity contribution in [2.24, 2.45) is 7.05 Å². The Hall–Kier alpha value is -2.61. The fourth-order valence-electron chi connectivity index (χ4n) is 5.73. The van der Waals surface area contributed by atoms with E-state index >= 15 is 0 Å². The van der Waals surface area contributed by atoms with Gasteiger partial charge in [-0.2, -0.15) is 0 Å². The molecule has 2 heteroatoms. The summed E-state index contributed by atoms with van der Waals surface area (Å²) in [6, 6.07) is 13.6. The van der Waals surface area contributed by atoms with Gasteiger partial charge in [0, 0.05) is 22.4 Å². The normalized spacial score (nSPS) is 17.3. The molecule has 5 rings (SSSR count). The van der Waals surface area contributed by atoms with Crippen molar-refractivity contribution >= 4 is 21.9 Å². The second-order valence-electron chi connectivity index (χ2n) is 11.5. The summed E-state index contributed by atoms with van der Waals surface area (Å²) in [6.45, 7) is 16.3. The van der Waals surface area contributed by atoms with Crippen molar-refractivity contribution in [3.05, 3.63) is 64.8 Å². The van der Waals surface area contributed by atoms with Crippen LogP contribution >= 0.6 is 0 Å². The van der Waals surface area contributed by atoms with E-state index in [1.165, 1.54) is 57.1 Å². The van der Waals surface area contributed by atoms with Crippen LogP contribution in [0.15, 0.2) is 47.0 Å². The van der Waals surface area contributed by atoms with Crippen molar-refractivity contribution in [1.29, 1.82) is 0 Å². The fraction of sp³-hybridized carbons (Fsp3) is 0.433. The minimum absolute atomic E-state index is 0.135. The standard InChI is InChI=1S/C30H36NO/c1-18(2)20-10-13-23(31(8)17-20)25-19(3)9-11-21-26-24(32-28(21)25)14-12-22-27(26)30(6,7)16-15-29(22,4)5/h9-14,17-18H,15-16H2,1-8H3/q+1. The molecule has 0 amide bonds. The van der Waals surface area contributed by atoms with Gasteiger partial charge in [-0.3, -0.25) is 0 Å². The zero-order valence-corrected chi connectivity index (χ0v) is 20.9. The van der Waals surface area contributed by atoms with Gasteiger partial charge in [0.05, 0.1) is 5.56 Å². The maximum Gasteiger partial charge on any atom is 0.216 e. The highest BCUT2D eigenvalue weighted by Gasteiger charge is 2.39. The molecular formula is C30H36NO+. The van der Waals surface area contributed by atoms with Gasteiger partial charge >= 0.3 is 0 Å². The average molecular weight is 427 g/mol. The zero-order chi connectivity index (χ0) is 23.0. The van der Waals surface area contributed by atoms with Crippen LogP contribution in [0.1, 0.15) is 82.6 Å². The van der Waals surface area contributed by atoms with E-state index in [2.05, 4.69) is 103 Å². The third-order valence-electron chi connectivity index (χ3n) is 7.87. The highest BCUT2D eigenvalue weighted by atomic mass is 16.3. The molecule has 4 aromatic rings. The Bertz CT molecular complexity index is 1370. The SMILES string of the molecule is Cc1ccc2c(oc3ccc4c(c32)C(C)(C)CCC4(C)C)c1-c1ccc(C(C)C)c[n+]1C. The van der Waals surface area contributed by atoms with Gasteiger partial charge in [0.1, 0.15) is 18.2 Å². The molecule has 2 aromatic heterocycles. The number of fused-ring (bicyclic) bond motifs is 5. The lowest BCUT2D eigenvalue weighted by atomic mass is 9.62. The Morgan fingerprint density at radius 2 is 1.62 bits per heavy atom. The third kappa shape index (κ3) is 3.03. The Balaban J connectivity index is 1.87. The van der Waals surface area contributed by atoms with E-state index < -0.39 is 0 Å². The van der Waals surface area contributed by atoms with E-state index in [-0.39, 0.29) is 10.8 Å². The van der Waals surface area contributed by atoms with Gasteiger partial charge in [-0.05, 0) is 65.3 Å². The van der Waals surface area contributed by atoms with E-state index in [0.29, 0.717) is 5.92 Å². The maximum absolute atomic E-state index is 6.67. The van der Waals surface area contributed by atoms with Crippen molar-refractivity contribution in [3.8, 4) is 11.3 Å². The monoisotopic (exact) mass is 426 g/mol. The van der Waals surface area contributed by atoms with Crippen LogP contribution in [-0.4, -0.2) is 0 Å².